The van der Waals surface area contributed by atoms with Crippen LogP contribution in [0.25, 0.3) is 0 Å². The van der Waals surface area contributed by atoms with E-state index >= 15 is 0 Å². The molecule has 0 aromatic rings. The molecular weight excluding hydrogens is 90.1 g/mol. The SMILES string of the molecule is CN1C=[C+]OCC1. The summed E-state index contributed by atoms with van der Waals surface area (Å²) >= 11 is 0. The van der Waals surface area contributed by atoms with Crippen LogP contribution in [0.15, 0.2) is 6.20 Å². The molecular formula is C5H8NO+. The molecule has 2 nitrogen and oxygen atoms in total. The lowest BCUT2D eigenvalue weighted by molar-refractivity contribution is 0.169. The van der Waals surface area contributed by atoms with Gasteiger partial charge in [0.25, 0.3) is 6.20 Å². The molecule has 0 spiro atoms. The zero-order valence-corrected chi connectivity index (χ0v) is 4.35. The van der Waals surface area contributed by atoms with Crippen LogP contribution in [0.5, 0.6) is 0 Å². The van der Waals surface area contributed by atoms with Gasteiger partial charge in [-0.05, 0) is 0 Å². The molecule has 0 radical (unpaired) electrons. The summed E-state index contributed by atoms with van der Waals surface area (Å²) in [4.78, 5) is 2.03. The van der Waals surface area contributed by atoms with Crippen molar-refractivity contribution in [3.63, 3.8) is 0 Å². The second-order valence-corrected chi connectivity index (χ2v) is 1.58. The van der Waals surface area contributed by atoms with E-state index in [0.29, 0.717) is 0 Å². The van der Waals surface area contributed by atoms with Crippen LogP contribution in [0.2, 0.25) is 0 Å². The molecule has 0 aromatic heterocycles. The number of likely N-dealkylation sites (N-methyl/N-ethyl adjacent to an activating group) is 1. The lowest BCUT2D eigenvalue weighted by atomic mass is 10.6. The van der Waals surface area contributed by atoms with E-state index in [1.165, 1.54) is 0 Å². The van der Waals surface area contributed by atoms with Crippen molar-refractivity contribution < 1.29 is 4.74 Å². The molecule has 2 heteroatoms. The third-order valence-electron chi connectivity index (χ3n) is 0.902. The van der Waals surface area contributed by atoms with E-state index in [4.69, 9.17) is 4.74 Å². The first kappa shape index (κ1) is 4.41. The van der Waals surface area contributed by atoms with Gasteiger partial charge in [0.15, 0.2) is 6.61 Å². The molecule has 0 aliphatic carbocycles. The number of hydrogen-bond acceptors (Lipinski definition) is 2. The minimum atomic E-state index is 0.771. The topological polar surface area (TPSA) is 12.5 Å². The van der Waals surface area contributed by atoms with Gasteiger partial charge in [-0.3, -0.25) is 4.74 Å². The lowest BCUT2D eigenvalue weighted by Crippen LogP contribution is -2.20. The van der Waals surface area contributed by atoms with Gasteiger partial charge in [-0.1, -0.05) is 0 Å². The Balaban J connectivity index is 2.36. The Morgan fingerprint density at radius 3 is 3.00 bits per heavy atom. The standard InChI is InChI=1S/C5H8NO/c1-6-2-4-7-5-3-6/h2H,3,5H2,1H3/q+1. The Morgan fingerprint density at radius 1 is 1.86 bits per heavy atom. The van der Waals surface area contributed by atoms with Crippen LogP contribution in [0.3, 0.4) is 0 Å². The largest absolute Gasteiger partial charge is 0.504 e. The fourth-order valence-corrected chi connectivity index (χ4v) is 0.440. The predicted octanol–water partition coefficient (Wildman–Crippen LogP) is 0.223. The fraction of sp³-hybridized carbons (Fsp3) is 0.600. The minimum Gasteiger partial charge on any atom is -0.330 e. The average Bonchev–Trinajstić information content (AvgIpc) is 1.69. The molecule has 7 heavy (non-hydrogen) atoms. The fourth-order valence-electron chi connectivity index (χ4n) is 0.440. The average molecular weight is 98.1 g/mol. The van der Waals surface area contributed by atoms with Crippen LogP contribution >= 0.6 is 0 Å². The minimum absolute atomic E-state index is 0.771. The zero-order chi connectivity index (χ0) is 5.11. The van der Waals surface area contributed by atoms with Gasteiger partial charge in [0.1, 0.15) is 0 Å². The van der Waals surface area contributed by atoms with Crippen LogP contribution < -0.4 is 0 Å². The number of nitrogens with zero attached hydrogens (tertiary/aromatic N) is 1. The van der Waals surface area contributed by atoms with Crippen molar-refractivity contribution in [2.75, 3.05) is 20.2 Å². The first-order chi connectivity index (χ1) is 3.39. The molecule has 0 saturated carbocycles. The summed E-state index contributed by atoms with van der Waals surface area (Å²) in [7, 11) is 2.00. The second-order valence-electron chi connectivity index (χ2n) is 1.58. The van der Waals surface area contributed by atoms with Crippen LogP contribution in [-0.2, 0) is 4.74 Å². The highest BCUT2D eigenvalue weighted by molar-refractivity contribution is 4.70. The molecule has 38 valence electrons. The van der Waals surface area contributed by atoms with Gasteiger partial charge in [-0.2, -0.15) is 0 Å². The third-order valence-corrected chi connectivity index (χ3v) is 0.902. The molecule has 1 rings (SSSR count). The summed E-state index contributed by atoms with van der Waals surface area (Å²) in [5.74, 6) is 0. The normalized spacial score (nSPS) is 18.1. The van der Waals surface area contributed by atoms with Crippen LogP contribution in [0.4, 0.5) is 0 Å². The van der Waals surface area contributed by atoms with Gasteiger partial charge in [0.2, 0.25) is 0 Å². The molecule has 0 bridgehead atoms. The molecule has 1 aliphatic heterocycles. The van der Waals surface area contributed by atoms with E-state index in [-0.39, 0.29) is 0 Å². The molecule has 0 fully saturated rings. The van der Waals surface area contributed by atoms with Crippen LogP contribution in [-0.4, -0.2) is 25.1 Å². The van der Waals surface area contributed by atoms with Crippen molar-refractivity contribution in [2.24, 2.45) is 0 Å². The molecule has 1 aliphatic rings. The summed E-state index contributed by atoms with van der Waals surface area (Å²) in [6.45, 7) is 1.75. The van der Waals surface area contributed by atoms with Gasteiger partial charge >= 0.3 is 6.26 Å². The molecule has 0 atom stereocenters. The van der Waals surface area contributed by atoms with Crippen molar-refractivity contribution in [3.8, 4) is 0 Å². The summed E-state index contributed by atoms with van der Waals surface area (Å²) in [5, 5.41) is 0. The van der Waals surface area contributed by atoms with E-state index in [0.717, 1.165) is 13.2 Å². The highest BCUT2D eigenvalue weighted by atomic mass is 16.5. The Bertz CT molecular complexity index is 80.1. The number of ether oxygens (including phenoxy) is 1. The molecule has 0 N–H and O–H groups in total. The maximum Gasteiger partial charge on any atom is 0.504 e. The van der Waals surface area contributed by atoms with Crippen molar-refractivity contribution in [3.05, 3.63) is 12.5 Å². The van der Waals surface area contributed by atoms with Crippen molar-refractivity contribution in [1.29, 1.82) is 0 Å². The van der Waals surface area contributed by atoms with Gasteiger partial charge in [-0.15, -0.1) is 0 Å². The Labute approximate surface area is 43.4 Å². The Kier molecular flexibility index (Phi) is 1.14. The third kappa shape index (κ3) is 1.05. The van der Waals surface area contributed by atoms with Gasteiger partial charge in [0, 0.05) is 7.05 Å². The molecule has 0 unspecified atom stereocenters. The van der Waals surface area contributed by atoms with Crippen molar-refractivity contribution >= 4 is 0 Å². The van der Waals surface area contributed by atoms with Gasteiger partial charge in [-0.25, -0.2) is 0 Å². The molecule has 1 heterocycles. The summed E-state index contributed by atoms with van der Waals surface area (Å²) < 4.78 is 4.79. The van der Waals surface area contributed by atoms with Gasteiger partial charge < -0.3 is 4.90 Å². The highest BCUT2D eigenvalue weighted by Crippen LogP contribution is 1.90. The molecule has 0 aromatic carbocycles. The molecule has 0 amide bonds. The van der Waals surface area contributed by atoms with E-state index in [1.807, 2.05) is 11.9 Å². The van der Waals surface area contributed by atoms with Crippen molar-refractivity contribution in [1.82, 2.24) is 4.90 Å². The first-order valence-electron chi connectivity index (χ1n) is 2.30. The van der Waals surface area contributed by atoms with Crippen LogP contribution in [0, 0.1) is 6.26 Å². The quantitative estimate of drug-likeness (QED) is 0.402. The summed E-state index contributed by atoms with van der Waals surface area (Å²) in [5.41, 5.74) is 0. The zero-order valence-electron chi connectivity index (χ0n) is 4.35. The maximum absolute atomic E-state index is 4.79. The van der Waals surface area contributed by atoms with Crippen LogP contribution in [0.1, 0.15) is 0 Å². The van der Waals surface area contributed by atoms with E-state index in [2.05, 4.69) is 6.26 Å². The second kappa shape index (κ2) is 1.80. The molecule has 0 saturated heterocycles. The summed E-state index contributed by atoms with van der Waals surface area (Å²) in [6.07, 6.45) is 4.43. The lowest BCUT2D eigenvalue weighted by Gasteiger charge is -2.06. The summed E-state index contributed by atoms with van der Waals surface area (Å²) in [6, 6.07) is 0. The van der Waals surface area contributed by atoms with E-state index in [9.17, 15) is 0 Å². The smallest absolute Gasteiger partial charge is 0.330 e. The number of hydrogen-bond donors (Lipinski definition) is 0. The first-order valence-corrected chi connectivity index (χ1v) is 2.30. The predicted molar refractivity (Wildman–Crippen MR) is 26.4 cm³/mol. The number of rotatable bonds is 0. The van der Waals surface area contributed by atoms with Crippen molar-refractivity contribution in [2.45, 2.75) is 0 Å². The monoisotopic (exact) mass is 98.1 g/mol. The Hall–Kier alpha value is -0.750. The van der Waals surface area contributed by atoms with Gasteiger partial charge in [0.05, 0.1) is 6.54 Å². The Morgan fingerprint density at radius 2 is 2.71 bits per heavy atom. The van der Waals surface area contributed by atoms with E-state index in [1.54, 1.807) is 6.20 Å². The van der Waals surface area contributed by atoms with E-state index < -0.39 is 0 Å². The maximum atomic E-state index is 4.79. The highest BCUT2D eigenvalue weighted by Gasteiger charge is 2.07.